The summed E-state index contributed by atoms with van der Waals surface area (Å²) in [5, 5.41) is 18.2. The van der Waals surface area contributed by atoms with Gasteiger partial charge in [0, 0.05) is 22.3 Å². The summed E-state index contributed by atoms with van der Waals surface area (Å²) in [5.41, 5.74) is 2.94. The van der Waals surface area contributed by atoms with Crippen LogP contribution in [0.5, 0.6) is 0 Å². The van der Waals surface area contributed by atoms with Crippen LogP contribution in [0.15, 0.2) is 48.5 Å². The minimum Gasteiger partial charge on any atom is -0.378 e. The number of halogens is 1. The van der Waals surface area contributed by atoms with Gasteiger partial charge in [0.05, 0.1) is 0 Å². The van der Waals surface area contributed by atoms with Crippen molar-refractivity contribution in [2.75, 3.05) is 5.32 Å². The van der Waals surface area contributed by atoms with E-state index >= 15 is 0 Å². The van der Waals surface area contributed by atoms with E-state index in [1.165, 1.54) is 0 Å². The largest absolute Gasteiger partial charge is 0.378 e. The molecule has 1 aromatic heterocycles. The van der Waals surface area contributed by atoms with E-state index in [1.54, 1.807) is 0 Å². The first-order valence-corrected chi connectivity index (χ1v) is 6.96. The normalized spacial score (nSPS) is 12.1. The average molecular weight is 300 g/mol. The number of aromatic amines is 1. The van der Waals surface area contributed by atoms with Gasteiger partial charge in [-0.3, -0.25) is 0 Å². The number of anilines is 1. The average Bonchev–Trinajstić information content (AvgIpc) is 3.02. The van der Waals surface area contributed by atoms with Gasteiger partial charge in [0.25, 0.3) is 0 Å². The maximum atomic E-state index is 6.23. The first-order valence-electron chi connectivity index (χ1n) is 6.59. The van der Waals surface area contributed by atoms with Crippen LogP contribution >= 0.6 is 11.6 Å². The van der Waals surface area contributed by atoms with Crippen molar-refractivity contribution in [1.82, 2.24) is 20.6 Å². The standard InChI is InChI=1S/C15H14ClN5/c1-10(13-7-2-3-8-14(13)16)17-12-6-4-5-11(9-12)15-18-20-21-19-15/h2-10,17H,1H3,(H,18,19,20,21). The summed E-state index contributed by atoms with van der Waals surface area (Å²) in [4.78, 5) is 0. The first kappa shape index (κ1) is 13.6. The summed E-state index contributed by atoms with van der Waals surface area (Å²) in [6, 6.07) is 15.8. The maximum Gasteiger partial charge on any atom is 0.204 e. The molecule has 0 aliphatic carbocycles. The van der Waals surface area contributed by atoms with Crippen molar-refractivity contribution in [3.63, 3.8) is 0 Å². The number of H-pyrrole nitrogens is 1. The quantitative estimate of drug-likeness (QED) is 0.771. The molecule has 3 aromatic rings. The molecule has 0 aliphatic rings. The Morgan fingerprint density at radius 3 is 2.76 bits per heavy atom. The van der Waals surface area contributed by atoms with Gasteiger partial charge in [0.1, 0.15) is 0 Å². The third-order valence-corrected chi connectivity index (χ3v) is 3.57. The molecular weight excluding hydrogens is 286 g/mol. The molecule has 0 amide bonds. The molecule has 0 radical (unpaired) electrons. The molecule has 1 atom stereocenters. The second kappa shape index (κ2) is 5.93. The number of hydrogen-bond donors (Lipinski definition) is 2. The molecule has 1 unspecified atom stereocenters. The van der Waals surface area contributed by atoms with Gasteiger partial charge < -0.3 is 5.32 Å². The lowest BCUT2D eigenvalue weighted by Gasteiger charge is -2.17. The number of rotatable bonds is 4. The van der Waals surface area contributed by atoms with Crippen LogP contribution in [0, 0.1) is 0 Å². The molecule has 5 nitrogen and oxygen atoms in total. The molecular formula is C15H14ClN5. The molecule has 0 fully saturated rings. The van der Waals surface area contributed by atoms with Crippen molar-refractivity contribution >= 4 is 17.3 Å². The molecule has 6 heteroatoms. The fourth-order valence-electron chi connectivity index (χ4n) is 2.19. The highest BCUT2D eigenvalue weighted by Gasteiger charge is 2.10. The first-order chi connectivity index (χ1) is 10.2. The summed E-state index contributed by atoms with van der Waals surface area (Å²) in [7, 11) is 0. The van der Waals surface area contributed by atoms with E-state index < -0.39 is 0 Å². The van der Waals surface area contributed by atoms with Crippen molar-refractivity contribution in [3.8, 4) is 11.4 Å². The lowest BCUT2D eigenvalue weighted by molar-refractivity contribution is 0.881. The molecule has 1 heterocycles. The summed E-state index contributed by atoms with van der Waals surface area (Å²) in [6.07, 6.45) is 0. The molecule has 2 N–H and O–H groups in total. The molecule has 106 valence electrons. The van der Waals surface area contributed by atoms with E-state index in [0.29, 0.717) is 5.82 Å². The second-order valence-corrected chi connectivity index (χ2v) is 5.11. The van der Waals surface area contributed by atoms with Crippen molar-refractivity contribution in [1.29, 1.82) is 0 Å². The highest BCUT2D eigenvalue weighted by Crippen LogP contribution is 2.27. The third-order valence-electron chi connectivity index (χ3n) is 3.22. The number of tetrazole rings is 1. The Morgan fingerprint density at radius 2 is 2.00 bits per heavy atom. The highest BCUT2D eigenvalue weighted by atomic mass is 35.5. The molecule has 0 aliphatic heterocycles. The van der Waals surface area contributed by atoms with Crippen LogP contribution in [0.25, 0.3) is 11.4 Å². The Hall–Kier alpha value is -2.40. The molecule has 21 heavy (non-hydrogen) atoms. The number of nitrogens with zero attached hydrogens (tertiary/aromatic N) is 3. The topological polar surface area (TPSA) is 66.5 Å². The summed E-state index contributed by atoms with van der Waals surface area (Å²) in [5.74, 6) is 0.573. The van der Waals surface area contributed by atoms with Crippen LogP contribution in [-0.4, -0.2) is 20.6 Å². The Balaban J connectivity index is 1.82. The van der Waals surface area contributed by atoms with Gasteiger partial charge in [-0.2, -0.15) is 5.21 Å². The van der Waals surface area contributed by atoms with E-state index in [4.69, 9.17) is 11.6 Å². The molecule has 0 saturated carbocycles. The minimum absolute atomic E-state index is 0.0965. The smallest absolute Gasteiger partial charge is 0.204 e. The Morgan fingerprint density at radius 1 is 1.14 bits per heavy atom. The van der Waals surface area contributed by atoms with E-state index in [1.807, 2.05) is 48.5 Å². The zero-order chi connectivity index (χ0) is 14.7. The maximum absolute atomic E-state index is 6.23. The number of hydrogen-bond acceptors (Lipinski definition) is 4. The predicted octanol–water partition coefficient (Wildman–Crippen LogP) is 3.69. The van der Waals surface area contributed by atoms with E-state index in [9.17, 15) is 0 Å². The molecule has 2 aromatic carbocycles. The molecule has 0 spiro atoms. The Labute approximate surface area is 127 Å². The SMILES string of the molecule is CC(Nc1cccc(-c2nn[nH]n2)c1)c1ccccc1Cl. The molecule has 0 bridgehead atoms. The van der Waals surface area contributed by atoms with Gasteiger partial charge in [0.15, 0.2) is 0 Å². The van der Waals surface area contributed by atoms with Gasteiger partial charge >= 0.3 is 0 Å². The monoisotopic (exact) mass is 299 g/mol. The third kappa shape index (κ3) is 3.03. The second-order valence-electron chi connectivity index (χ2n) is 4.70. The van der Waals surface area contributed by atoms with Crippen LogP contribution in [-0.2, 0) is 0 Å². The minimum atomic E-state index is 0.0965. The summed E-state index contributed by atoms with van der Waals surface area (Å²) < 4.78 is 0. The molecule has 0 saturated heterocycles. The van der Waals surface area contributed by atoms with Crippen LogP contribution in [0.2, 0.25) is 5.02 Å². The Kier molecular flexibility index (Phi) is 3.83. The van der Waals surface area contributed by atoms with Crippen LogP contribution < -0.4 is 5.32 Å². The lowest BCUT2D eigenvalue weighted by atomic mass is 10.1. The van der Waals surface area contributed by atoms with E-state index in [2.05, 4.69) is 32.9 Å². The summed E-state index contributed by atoms with van der Waals surface area (Å²) >= 11 is 6.23. The van der Waals surface area contributed by atoms with Gasteiger partial charge in [-0.1, -0.05) is 41.9 Å². The van der Waals surface area contributed by atoms with Crippen molar-refractivity contribution in [2.45, 2.75) is 13.0 Å². The number of nitrogens with one attached hydrogen (secondary N) is 2. The highest BCUT2D eigenvalue weighted by molar-refractivity contribution is 6.31. The van der Waals surface area contributed by atoms with E-state index in [0.717, 1.165) is 21.8 Å². The van der Waals surface area contributed by atoms with Crippen molar-refractivity contribution in [2.24, 2.45) is 0 Å². The summed E-state index contributed by atoms with van der Waals surface area (Å²) in [6.45, 7) is 2.07. The van der Waals surface area contributed by atoms with Crippen LogP contribution in [0.4, 0.5) is 5.69 Å². The van der Waals surface area contributed by atoms with Crippen LogP contribution in [0.3, 0.4) is 0 Å². The van der Waals surface area contributed by atoms with Crippen molar-refractivity contribution in [3.05, 3.63) is 59.1 Å². The van der Waals surface area contributed by atoms with Crippen LogP contribution in [0.1, 0.15) is 18.5 Å². The molecule has 3 rings (SSSR count). The van der Waals surface area contributed by atoms with Gasteiger partial charge in [-0.15, -0.1) is 10.2 Å². The lowest BCUT2D eigenvalue weighted by Crippen LogP contribution is -2.07. The fourth-order valence-corrected chi connectivity index (χ4v) is 2.49. The number of benzene rings is 2. The zero-order valence-electron chi connectivity index (χ0n) is 11.4. The number of aromatic nitrogens is 4. The van der Waals surface area contributed by atoms with Crippen molar-refractivity contribution < 1.29 is 0 Å². The fraction of sp³-hybridized carbons (Fsp3) is 0.133. The van der Waals surface area contributed by atoms with E-state index in [-0.39, 0.29) is 6.04 Å². The van der Waals surface area contributed by atoms with Gasteiger partial charge in [0.2, 0.25) is 5.82 Å². The zero-order valence-corrected chi connectivity index (χ0v) is 12.2. The Bertz CT molecular complexity index is 726. The van der Waals surface area contributed by atoms with Gasteiger partial charge in [-0.25, -0.2) is 0 Å². The van der Waals surface area contributed by atoms with Gasteiger partial charge in [-0.05, 0) is 35.9 Å². The predicted molar refractivity (Wildman–Crippen MR) is 83.1 cm³/mol.